The first-order chi connectivity index (χ1) is 8.74. The Morgan fingerprint density at radius 3 is 2.56 bits per heavy atom. The molecule has 0 spiro atoms. The van der Waals surface area contributed by atoms with E-state index in [0.717, 1.165) is 0 Å². The van der Waals surface area contributed by atoms with E-state index >= 15 is 0 Å². The standard InChI is InChI=1S/C12H17ClN2O3/c1-17-8-6-14-12(16)15-7-9-18-11-5-3-2-4-10(11)13/h2-5H,6-9H2,1H3,(H2,14,15,16). The summed E-state index contributed by atoms with van der Waals surface area (Å²) in [5.41, 5.74) is 0. The maximum atomic E-state index is 11.2. The molecule has 0 atom stereocenters. The molecule has 1 aromatic carbocycles. The number of nitrogens with one attached hydrogen (secondary N) is 2. The van der Waals surface area contributed by atoms with Crippen molar-refractivity contribution in [1.82, 2.24) is 10.6 Å². The van der Waals surface area contributed by atoms with Crippen LogP contribution in [0.15, 0.2) is 24.3 Å². The summed E-state index contributed by atoms with van der Waals surface area (Å²) in [4.78, 5) is 11.2. The van der Waals surface area contributed by atoms with Crippen LogP contribution in [0.4, 0.5) is 4.79 Å². The summed E-state index contributed by atoms with van der Waals surface area (Å²) in [6.07, 6.45) is 0. The van der Waals surface area contributed by atoms with E-state index < -0.39 is 0 Å². The van der Waals surface area contributed by atoms with E-state index in [-0.39, 0.29) is 6.03 Å². The van der Waals surface area contributed by atoms with Gasteiger partial charge in [0.2, 0.25) is 0 Å². The molecule has 18 heavy (non-hydrogen) atoms. The quantitative estimate of drug-likeness (QED) is 0.742. The maximum Gasteiger partial charge on any atom is 0.314 e. The lowest BCUT2D eigenvalue weighted by Crippen LogP contribution is -2.39. The Labute approximate surface area is 111 Å². The van der Waals surface area contributed by atoms with Gasteiger partial charge in [0.25, 0.3) is 0 Å². The molecule has 1 rings (SSSR count). The van der Waals surface area contributed by atoms with Gasteiger partial charge in [-0.05, 0) is 12.1 Å². The number of halogens is 1. The van der Waals surface area contributed by atoms with Crippen LogP contribution in [0.25, 0.3) is 0 Å². The fourth-order valence-corrected chi connectivity index (χ4v) is 1.41. The second kappa shape index (κ2) is 8.60. The van der Waals surface area contributed by atoms with Crippen molar-refractivity contribution in [3.05, 3.63) is 29.3 Å². The highest BCUT2D eigenvalue weighted by atomic mass is 35.5. The number of ether oxygens (including phenoxy) is 2. The SMILES string of the molecule is COCCNC(=O)NCCOc1ccccc1Cl. The monoisotopic (exact) mass is 272 g/mol. The highest BCUT2D eigenvalue weighted by Gasteiger charge is 2.01. The topological polar surface area (TPSA) is 59.6 Å². The van der Waals surface area contributed by atoms with Crippen LogP contribution in [0.2, 0.25) is 5.02 Å². The Hall–Kier alpha value is -1.46. The minimum atomic E-state index is -0.241. The molecule has 0 aromatic heterocycles. The Balaban J connectivity index is 2.12. The number of hydrogen-bond acceptors (Lipinski definition) is 3. The largest absolute Gasteiger partial charge is 0.490 e. The van der Waals surface area contributed by atoms with Crippen molar-refractivity contribution in [2.75, 3.05) is 33.4 Å². The van der Waals surface area contributed by atoms with E-state index in [2.05, 4.69) is 10.6 Å². The van der Waals surface area contributed by atoms with Crippen LogP contribution in [0.3, 0.4) is 0 Å². The van der Waals surface area contributed by atoms with Gasteiger partial charge in [-0.1, -0.05) is 23.7 Å². The van der Waals surface area contributed by atoms with Gasteiger partial charge in [0.15, 0.2) is 0 Å². The summed E-state index contributed by atoms with van der Waals surface area (Å²) in [5.74, 6) is 0.612. The highest BCUT2D eigenvalue weighted by Crippen LogP contribution is 2.22. The molecule has 0 radical (unpaired) electrons. The van der Waals surface area contributed by atoms with Crippen molar-refractivity contribution in [3.63, 3.8) is 0 Å². The van der Waals surface area contributed by atoms with Crippen molar-refractivity contribution in [2.24, 2.45) is 0 Å². The van der Waals surface area contributed by atoms with Gasteiger partial charge in [0, 0.05) is 13.7 Å². The molecule has 0 aliphatic carbocycles. The van der Waals surface area contributed by atoms with Crippen LogP contribution in [0, 0.1) is 0 Å². The predicted octanol–water partition coefficient (Wildman–Crippen LogP) is 1.66. The molecule has 100 valence electrons. The van der Waals surface area contributed by atoms with E-state index in [1.54, 1.807) is 19.2 Å². The molecule has 5 nitrogen and oxygen atoms in total. The smallest absolute Gasteiger partial charge is 0.314 e. The summed E-state index contributed by atoms with van der Waals surface area (Å²) >= 11 is 5.91. The van der Waals surface area contributed by atoms with Crippen LogP contribution in [-0.2, 0) is 4.74 Å². The van der Waals surface area contributed by atoms with Crippen molar-refractivity contribution in [3.8, 4) is 5.75 Å². The molecule has 0 aliphatic rings. The van der Waals surface area contributed by atoms with Gasteiger partial charge in [-0.25, -0.2) is 4.79 Å². The molecule has 2 N–H and O–H groups in total. The maximum absolute atomic E-state index is 11.2. The number of urea groups is 1. The Morgan fingerprint density at radius 1 is 1.22 bits per heavy atom. The summed E-state index contributed by atoms with van der Waals surface area (Å²) in [6, 6.07) is 6.96. The Bertz CT molecular complexity index is 374. The second-order valence-corrected chi connectivity index (χ2v) is 3.86. The minimum absolute atomic E-state index is 0.241. The third-order valence-electron chi connectivity index (χ3n) is 2.07. The molecule has 0 bridgehead atoms. The molecule has 6 heteroatoms. The molecular formula is C12H17ClN2O3. The van der Waals surface area contributed by atoms with Crippen LogP contribution in [0.5, 0.6) is 5.75 Å². The van der Waals surface area contributed by atoms with Gasteiger partial charge in [-0.2, -0.15) is 0 Å². The molecule has 0 saturated heterocycles. The third-order valence-corrected chi connectivity index (χ3v) is 2.39. The molecule has 0 aliphatic heterocycles. The summed E-state index contributed by atoms with van der Waals surface area (Å²) < 4.78 is 10.2. The van der Waals surface area contributed by atoms with E-state index in [4.69, 9.17) is 21.1 Å². The molecule has 0 saturated carbocycles. The lowest BCUT2D eigenvalue weighted by atomic mass is 10.3. The van der Waals surface area contributed by atoms with E-state index in [0.29, 0.717) is 37.1 Å². The van der Waals surface area contributed by atoms with E-state index in [1.807, 2.05) is 12.1 Å². The molecule has 2 amide bonds. The van der Waals surface area contributed by atoms with Crippen molar-refractivity contribution in [1.29, 1.82) is 0 Å². The van der Waals surface area contributed by atoms with Gasteiger partial charge >= 0.3 is 6.03 Å². The first-order valence-corrected chi connectivity index (χ1v) is 6.00. The zero-order chi connectivity index (χ0) is 13.2. The van der Waals surface area contributed by atoms with Crippen molar-refractivity contribution in [2.45, 2.75) is 0 Å². The second-order valence-electron chi connectivity index (χ2n) is 3.45. The van der Waals surface area contributed by atoms with Gasteiger partial charge in [-0.3, -0.25) is 0 Å². The summed E-state index contributed by atoms with van der Waals surface area (Å²) in [7, 11) is 1.58. The number of carbonyl (C=O) groups is 1. The fraction of sp³-hybridized carbons (Fsp3) is 0.417. The van der Waals surface area contributed by atoms with E-state index in [9.17, 15) is 4.79 Å². The van der Waals surface area contributed by atoms with Gasteiger partial charge in [0.1, 0.15) is 12.4 Å². The zero-order valence-corrected chi connectivity index (χ0v) is 11.0. The first-order valence-electron chi connectivity index (χ1n) is 5.62. The highest BCUT2D eigenvalue weighted by molar-refractivity contribution is 6.32. The van der Waals surface area contributed by atoms with Crippen LogP contribution >= 0.6 is 11.6 Å². The predicted molar refractivity (Wildman–Crippen MR) is 70.2 cm³/mol. The number of rotatable bonds is 7. The molecule has 0 fully saturated rings. The molecule has 1 aromatic rings. The van der Waals surface area contributed by atoms with Crippen LogP contribution < -0.4 is 15.4 Å². The lowest BCUT2D eigenvalue weighted by molar-refractivity contribution is 0.195. The normalized spacial score (nSPS) is 9.89. The fourth-order valence-electron chi connectivity index (χ4n) is 1.22. The van der Waals surface area contributed by atoms with Crippen molar-refractivity contribution >= 4 is 17.6 Å². The minimum Gasteiger partial charge on any atom is -0.490 e. The lowest BCUT2D eigenvalue weighted by Gasteiger charge is -2.09. The summed E-state index contributed by atoms with van der Waals surface area (Å²) in [5, 5.41) is 5.85. The Morgan fingerprint density at radius 2 is 1.89 bits per heavy atom. The first kappa shape index (κ1) is 14.6. The number of amides is 2. The number of carbonyl (C=O) groups excluding carboxylic acids is 1. The molecule has 0 heterocycles. The van der Waals surface area contributed by atoms with E-state index in [1.165, 1.54) is 0 Å². The average molecular weight is 273 g/mol. The van der Waals surface area contributed by atoms with Crippen molar-refractivity contribution < 1.29 is 14.3 Å². The number of hydrogen-bond donors (Lipinski definition) is 2. The van der Waals surface area contributed by atoms with Gasteiger partial charge in [0.05, 0.1) is 18.2 Å². The van der Waals surface area contributed by atoms with Crippen LogP contribution in [0.1, 0.15) is 0 Å². The molecule has 0 unspecified atom stereocenters. The Kier molecular flexibility index (Phi) is 6.98. The van der Waals surface area contributed by atoms with Crippen LogP contribution in [-0.4, -0.2) is 39.4 Å². The summed E-state index contributed by atoms with van der Waals surface area (Å²) in [6.45, 7) is 1.74. The number of para-hydroxylation sites is 1. The number of methoxy groups -OCH3 is 1. The number of benzene rings is 1. The molecular weight excluding hydrogens is 256 g/mol. The van der Waals surface area contributed by atoms with Gasteiger partial charge in [-0.15, -0.1) is 0 Å². The zero-order valence-electron chi connectivity index (χ0n) is 10.2. The van der Waals surface area contributed by atoms with Gasteiger partial charge < -0.3 is 20.1 Å². The average Bonchev–Trinajstić information content (AvgIpc) is 2.37. The third kappa shape index (κ3) is 5.75.